The maximum Gasteiger partial charge on any atom is 0.224 e. The van der Waals surface area contributed by atoms with Gasteiger partial charge in [0.25, 0.3) is 0 Å². The fraction of sp³-hybridized carbons (Fsp3) is 0.619. The van der Waals surface area contributed by atoms with Gasteiger partial charge in [-0.05, 0) is 57.8 Å². The lowest BCUT2D eigenvalue weighted by Crippen LogP contribution is -2.45. The van der Waals surface area contributed by atoms with E-state index in [-0.39, 0.29) is 30.1 Å². The number of hydrogen-bond donors (Lipinski definition) is 1. The average Bonchev–Trinajstić information content (AvgIpc) is 3.18. The van der Waals surface area contributed by atoms with Crippen molar-refractivity contribution in [2.45, 2.75) is 45.1 Å². The Kier molecular flexibility index (Phi) is 7.21. The SMILES string of the molecule is O=C(NCCCCN1CCCC1)[C@@H]1CCC(=O)N(Cc2ccccc2F)C1. The van der Waals surface area contributed by atoms with Gasteiger partial charge in [0.05, 0.1) is 5.92 Å². The normalized spacial score (nSPS) is 20.9. The van der Waals surface area contributed by atoms with Gasteiger partial charge in [-0.1, -0.05) is 18.2 Å². The minimum Gasteiger partial charge on any atom is -0.356 e. The molecule has 3 rings (SSSR count). The first kappa shape index (κ1) is 19.8. The molecule has 0 unspecified atom stereocenters. The van der Waals surface area contributed by atoms with E-state index < -0.39 is 0 Å². The molecule has 0 saturated carbocycles. The largest absolute Gasteiger partial charge is 0.356 e. The standard InChI is InChI=1S/C21H30FN3O2/c22-19-8-2-1-7-17(19)15-25-16-18(9-10-20(25)26)21(27)23-11-3-4-12-24-13-5-6-14-24/h1-2,7-8,18H,3-6,9-16H2,(H,23,27)/t18-/m1/s1. The van der Waals surface area contributed by atoms with Crippen LogP contribution >= 0.6 is 0 Å². The number of nitrogens with zero attached hydrogens (tertiary/aromatic N) is 2. The molecule has 2 saturated heterocycles. The van der Waals surface area contributed by atoms with E-state index in [1.165, 1.54) is 32.0 Å². The summed E-state index contributed by atoms with van der Waals surface area (Å²) in [6.07, 6.45) is 5.62. The van der Waals surface area contributed by atoms with Crippen molar-refractivity contribution in [2.75, 3.05) is 32.7 Å². The lowest BCUT2D eigenvalue weighted by molar-refractivity contribution is -0.138. The van der Waals surface area contributed by atoms with Crippen LogP contribution in [0.25, 0.3) is 0 Å². The number of piperidine rings is 1. The van der Waals surface area contributed by atoms with E-state index in [1.54, 1.807) is 23.1 Å². The molecule has 0 radical (unpaired) electrons. The quantitative estimate of drug-likeness (QED) is 0.711. The Morgan fingerprint density at radius 3 is 2.74 bits per heavy atom. The molecule has 2 aliphatic heterocycles. The fourth-order valence-corrected chi connectivity index (χ4v) is 3.94. The van der Waals surface area contributed by atoms with E-state index in [1.807, 2.05) is 0 Å². The number of nitrogens with one attached hydrogen (secondary N) is 1. The lowest BCUT2D eigenvalue weighted by Gasteiger charge is -2.32. The van der Waals surface area contributed by atoms with Crippen LogP contribution in [0.2, 0.25) is 0 Å². The number of rotatable bonds is 8. The van der Waals surface area contributed by atoms with Crippen LogP contribution in [-0.2, 0) is 16.1 Å². The summed E-state index contributed by atoms with van der Waals surface area (Å²) in [6.45, 7) is 4.81. The molecule has 27 heavy (non-hydrogen) atoms. The molecule has 0 aromatic heterocycles. The molecule has 6 heteroatoms. The van der Waals surface area contributed by atoms with Gasteiger partial charge < -0.3 is 15.1 Å². The first-order valence-corrected chi connectivity index (χ1v) is 10.1. The Labute approximate surface area is 160 Å². The van der Waals surface area contributed by atoms with Gasteiger partial charge in [-0.25, -0.2) is 4.39 Å². The molecule has 2 heterocycles. The average molecular weight is 375 g/mol. The van der Waals surface area contributed by atoms with E-state index in [0.29, 0.717) is 31.5 Å². The highest BCUT2D eigenvalue weighted by Gasteiger charge is 2.30. The molecule has 0 bridgehead atoms. The number of carbonyl (C=O) groups excluding carboxylic acids is 2. The Bertz CT molecular complexity index is 646. The fourth-order valence-electron chi connectivity index (χ4n) is 3.94. The van der Waals surface area contributed by atoms with Crippen LogP contribution in [0.1, 0.15) is 44.1 Å². The number of amides is 2. The van der Waals surface area contributed by atoms with Crippen molar-refractivity contribution < 1.29 is 14.0 Å². The zero-order chi connectivity index (χ0) is 19.1. The maximum absolute atomic E-state index is 13.9. The molecule has 2 fully saturated rings. The van der Waals surface area contributed by atoms with Crippen LogP contribution in [0.4, 0.5) is 4.39 Å². The lowest BCUT2D eigenvalue weighted by atomic mass is 9.96. The minimum atomic E-state index is -0.310. The summed E-state index contributed by atoms with van der Waals surface area (Å²) in [7, 11) is 0. The summed E-state index contributed by atoms with van der Waals surface area (Å²) in [6, 6.07) is 6.48. The second-order valence-corrected chi connectivity index (χ2v) is 7.65. The summed E-state index contributed by atoms with van der Waals surface area (Å²) < 4.78 is 13.9. The van der Waals surface area contributed by atoms with Crippen molar-refractivity contribution in [1.29, 1.82) is 0 Å². The molecule has 1 atom stereocenters. The summed E-state index contributed by atoms with van der Waals surface area (Å²) in [5.41, 5.74) is 0.494. The van der Waals surface area contributed by atoms with Crippen LogP contribution < -0.4 is 5.32 Å². The summed E-state index contributed by atoms with van der Waals surface area (Å²) in [5.74, 6) is -0.502. The predicted octanol–water partition coefficient (Wildman–Crippen LogP) is 2.56. The van der Waals surface area contributed by atoms with E-state index >= 15 is 0 Å². The Balaban J connectivity index is 1.40. The Morgan fingerprint density at radius 1 is 1.19 bits per heavy atom. The van der Waals surface area contributed by atoms with Crippen LogP contribution in [0.3, 0.4) is 0 Å². The van der Waals surface area contributed by atoms with Crippen molar-refractivity contribution in [1.82, 2.24) is 15.1 Å². The van der Waals surface area contributed by atoms with Gasteiger partial charge in [0, 0.05) is 31.6 Å². The minimum absolute atomic E-state index is 0.00656. The molecular formula is C21H30FN3O2. The highest BCUT2D eigenvalue weighted by atomic mass is 19.1. The van der Waals surface area contributed by atoms with Crippen molar-refractivity contribution in [3.8, 4) is 0 Å². The number of halogens is 1. The summed E-state index contributed by atoms with van der Waals surface area (Å²) in [5, 5.41) is 3.02. The van der Waals surface area contributed by atoms with E-state index in [9.17, 15) is 14.0 Å². The zero-order valence-corrected chi connectivity index (χ0v) is 16.0. The van der Waals surface area contributed by atoms with Gasteiger partial charge in [-0.15, -0.1) is 0 Å². The highest BCUT2D eigenvalue weighted by molar-refractivity contribution is 5.83. The smallest absolute Gasteiger partial charge is 0.224 e. The highest BCUT2D eigenvalue weighted by Crippen LogP contribution is 2.21. The predicted molar refractivity (Wildman–Crippen MR) is 102 cm³/mol. The first-order valence-electron chi connectivity index (χ1n) is 10.1. The molecule has 5 nitrogen and oxygen atoms in total. The monoisotopic (exact) mass is 375 g/mol. The molecule has 0 aliphatic carbocycles. The van der Waals surface area contributed by atoms with Gasteiger partial charge in [-0.3, -0.25) is 9.59 Å². The van der Waals surface area contributed by atoms with Crippen molar-refractivity contribution in [3.63, 3.8) is 0 Å². The molecule has 1 aromatic rings. The second kappa shape index (κ2) is 9.83. The number of unbranched alkanes of at least 4 members (excludes halogenated alkanes) is 1. The Hall–Kier alpha value is -1.95. The van der Waals surface area contributed by atoms with Crippen LogP contribution in [0.15, 0.2) is 24.3 Å². The van der Waals surface area contributed by atoms with Crippen LogP contribution in [-0.4, -0.2) is 54.3 Å². The van der Waals surface area contributed by atoms with Gasteiger partial charge >= 0.3 is 0 Å². The number of hydrogen-bond acceptors (Lipinski definition) is 3. The third kappa shape index (κ3) is 5.76. The van der Waals surface area contributed by atoms with Crippen molar-refractivity contribution >= 4 is 11.8 Å². The van der Waals surface area contributed by atoms with Gasteiger partial charge in [0.15, 0.2) is 0 Å². The van der Waals surface area contributed by atoms with Gasteiger partial charge in [0.1, 0.15) is 5.82 Å². The zero-order valence-electron chi connectivity index (χ0n) is 16.0. The van der Waals surface area contributed by atoms with Crippen LogP contribution in [0.5, 0.6) is 0 Å². The molecule has 148 valence electrons. The van der Waals surface area contributed by atoms with Crippen molar-refractivity contribution in [3.05, 3.63) is 35.6 Å². The molecule has 2 amide bonds. The molecule has 1 N–H and O–H groups in total. The summed E-state index contributed by atoms with van der Waals surface area (Å²) in [4.78, 5) is 28.7. The number of benzene rings is 1. The molecular weight excluding hydrogens is 345 g/mol. The van der Waals surface area contributed by atoms with E-state index in [0.717, 1.165) is 19.4 Å². The van der Waals surface area contributed by atoms with Crippen molar-refractivity contribution in [2.24, 2.45) is 5.92 Å². The van der Waals surface area contributed by atoms with Crippen LogP contribution in [0, 0.1) is 11.7 Å². The summed E-state index contributed by atoms with van der Waals surface area (Å²) >= 11 is 0. The molecule has 1 aromatic carbocycles. The van der Waals surface area contributed by atoms with E-state index in [4.69, 9.17) is 0 Å². The number of likely N-dealkylation sites (tertiary alicyclic amines) is 2. The Morgan fingerprint density at radius 2 is 1.96 bits per heavy atom. The number of carbonyl (C=O) groups is 2. The third-order valence-corrected chi connectivity index (χ3v) is 5.59. The molecule has 0 spiro atoms. The molecule has 2 aliphatic rings. The topological polar surface area (TPSA) is 52.7 Å². The van der Waals surface area contributed by atoms with Gasteiger partial charge in [-0.2, -0.15) is 0 Å². The maximum atomic E-state index is 13.9. The van der Waals surface area contributed by atoms with Gasteiger partial charge in [0.2, 0.25) is 11.8 Å². The first-order chi connectivity index (χ1) is 13.1. The second-order valence-electron chi connectivity index (χ2n) is 7.65. The van der Waals surface area contributed by atoms with E-state index in [2.05, 4.69) is 10.2 Å². The third-order valence-electron chi connectivity index (χ3n) is 5.59.